The van der Waals surface area contributed by atoms with Gasteiger partial charge in [-0.25, -0.2) is 0 Å². The van der Waals surface area contributed by atoms with Crippen molar-refractivity contribution in [1.82, 2.24) is 15.2 Å². The molecule has 1 aromatic carbocycles. The van der Waals surface area contributed by atoms with Gasteiger partial charge in [0.2, 0.25) is 5.91 Å². The maximum atomic E-state index is 12.1. The summed E-state index contributed by atoms with van der Waals surface area (Å²) in [6, 6.07) is 4.76. The summed E-state index contributed by atoms with van der Waals surface area (Å²) in [5, 5.41) is 10.9. The van der Waals surface area contributed by atoms with Crippen molar-refractivity contribution in [3.8, 4) is 0 Å². The Balaban J connectivity index is 2.05. The van der Waals surface area contributed by atoms with E-state index in [1.807, 2.05) is 0 Å². The summed E-state index contributed by atoms with van der Waals surface area (Å²) in [5.41, 5.74) is 0.445. The van der Waals surface area contributed by atoms with E-state index >= 15 is 0 Å². The highest BCUT2D eigenvalue weighted by Gasteiger charge is 2.17. The molecule has 1 atom stereocenters. The molecule has 0 aliphatic rings. The van der Waals surface area contributed by atoms with Gasteiger partial charge in [0.25, 0.3) is 5.56 Å². The average molecular weight is 359 g/mol. The van der Waals surface area contributed by atoms with E-state index in [9.17, 15) is 9.59 Å². The molecular weight excluding hydrogens is 347 g/mol. The molecule has 0 radical (unpaired) electrons. The lowest BCUT2D eigenvalue weighted by atomic mass is 10.3. The third kappa shape index (κ3) is 4.46. The number of thioether (sulfide) groups is 1. The Bertz CT molecular complexity index is 746. The lowest BCUT2D eigenvalue weighted by Gasteiger charge is -2.11. The van der Waals surface area contributed by atoms with Crippen LogP contribution in [-0.4, -0.2) is 26.3 Å². The van der Waals surface area contributed by atoms with Gasteiger partial charge >= 0.3 is 0 Å². The first-order valence-electron chi connectivity index (χ1n) is 6.22. The molecule has 0 unspecified atom stereocenters. The first kappa shape index (κ1) is 16.8. The second kappa shape index (κ2) is 7.13. The zero-order valence-electron chi connectivity index (χ0n) is 11.7. The van der Waals surface area contributed by atoms with Gasteiger partial charge in [-0.2, -0.15) is 0 Å². The summed E-state index contributed by atoms with van der Waals surface area (Å²) in [4.78, 5) is 26.1. The molecule has 2 N–H and O–H groups in total. The molecule has 6 nitrogen and oxygen atoms in total. The van der Waals surface area contributed by atoms with Gasteiger partial charge in [0, 0.05) is 15.7 Å². The van der Waals surface area contributed by atoms with Crippen LogP contribution in [0.1, 0.15) is 12.6 Å². The molecule has 116 valence electrons. The van der Waals surface area contributed by atoms with Crippen molar-refractivity contribution < 1.29 is 4.79 Å². The highest BCUT2D eigenvalue weighted by Crippen LogP contribution is 2.24. The van der Waals surface area contributed by atoms with Crippen LogP contribution in [0.4, 0.5) is 5.69 Å². The van der Waals surface area contributed by atoms with E-state index < -0.39 is 5.25 Å². The van der Waals surface area contributed by atoms with Gasteiger partial charge in [0.1, 0.15) is 5.69 Å². The topological polar surface area (TPSA) is 87.7 Å². The predicted octanol–water partition coefficient (Wildman–Crippen LogP) is 2.90. The zero-order valence-corrected chi connectivity index (χ0v) is 14.0. The van der Waals surface area contributed by atoms with Gasteiger partial charge < -0.3 is 5.32 Å². The van der Waals surface area contributed by atoms with Gasteiger partial charge in [0.15, 0.2) is 5.16 Å². The molecular formula is C13H12Cl2N4O2S. The van der Waals surface area contributed by atoms with Gasteiger partial charge in [-0.3, -0.25) is 14.6 Å². The van der Waals surface area contributed by atoms with E-state index in [4.69, 9.17) is 23.2 Å². The SMILES string of the molecule is Cc1nnc(S[C@@H](C)C(=O)Nc2cc(Cl)cc(Cl)c2)[nH]c1=O. The van der Waals surface area contributed by atoms with Gasteiger partial charge in [0.05, 0.1) is 5.25 Å². The number of benzene rings is 1. The highest BCUT2D eigenvalue weighted by molar-refractivity contribution is 8.00. The first-order chi connectivity index (χ1) is 10.3. The molecule has 1 aromatic heterocycles. The molecule has 2 rings (SSSR count). The van der Waals surface area contributed by atoms with Crippen molar-refractivity contribution >= 4 is 46.6 Å². The molecule has 0 saturated heterocycles. The van der Waals surface area contributed by atoms with E-state index in [0.29, 0.717) is 15.7 Å². The number of aromatic nitrogens is 3. The number of anilines is 1. The van der Waals surface area contributed by atoms with E-state index in [1.165, 1.54) is 0 Å². The highest BCUT2D eigenvalue weighted by atomic mass is 35.5. The van der Waals surface area contributed by atoms with E-state index in [0.717, 1.165) is 11.8 Å². The van der Waals surface area contributed by atoms with E-state index in [-0.39, 0.29) is 22.3 Å². The number of carbonyl (C=O) groups is 1. The summed E-state index contributed by atoms with van der Waals surface area (Å²) in [7, 11) is 0. The van der Waals surface area contributed by atoms with Crippen LogP contribution < -0.4 is 10.9 Å². The van der Waals surface area contributed by atoms with Crippen LogP contribution >= 0.6 is 35.0 Å². The molecule has 0 fully saturated rings. The quantitative estimate of drug-likeness (QED) is 0.820. The third-order valence-corrected chi connectivity index (χ3v) is 4.04. The minimum Gasteiger partial charge on any atom is -0.325 e. The standard InChI is InChI=1S/C13H12Cl2N4O2S/c1-6-11(20)17-13(19-18-6)22-7(2)12(21)16-10-4-8(14)3-9(15)5-10/h3-5,7H,1-2H3,(H,16,21)(H,17,19,20)/t7-/m0/s1. The zero-order chi connectivity index (χ0) is 16.3. The maximum absolute atomic E-state index is 12.1. The fraction of sp³-hybridized carbons (Fsp3) is 0.231. The number of H-pyrrole nitrogens is 1. The van der Waals surface area contributed by atoms with Crippen molar-refractivity contribution in [3.05, 3.63) is 44.3 Å². The second-order valence-corrected chi connectivity index (χ2v) is 6.65. The minimum atomic E-state index is -0.495. The normalized spacial score (nSPS) is 12.0. The molecule has 0 spiro atoms. The smallest absolute Gasteiger partial charge is 0.273 e. The molecule has 2 aromatic rings. The number of amides is 1. The number of rotatable bonds is 4. The minimum absolute atomic E-state index is 0.272. The van der Waals surface area contributed by atoms with Crippen LogP contribution in [-0.2, 0) is 4.79 Å². The lowest BCUT2D eigenvalue weighted by molar-refractivity contribution is -0.115. The molecule has 0 bridgehead atoms. The van der Waals surface area contributed by atoms with Crippen LogP contribution in [0.3, 0.4) is 0 Å². The number of carbonyl (C=O) groups excluding carboxylic acids is 1. The summed E-state index contributed by atoms with van der Waals surface area (Å²) >= 11 is 12.8. The van der Waals surface area contributed by atoms with Crippen molar-refractivity contribution in [3.63, 3.8) is 0 Å². The van der Waals surface area contributed by atoms with Crippen LogP contribution in [0.5, 0.6) is 0 Å². The molecule has 1 heterocycles. The number of hydrogen-bond acceptors (Lipinski definition) is 5. The Kier molecular flexibility index (Phi) is 5.44. The Morgan fingerprint density at radius 1 is 1.27 bits per heavy atom. The lowest BCUT2D eigenvalue weighted by Crippen LogP contribution is -2.23. The predicted molar refractivity (Wildman–Crippen MR) is 87.8 cm³/mol. The third-order valence-electron chi connectivity index (χ3n) is 2.63. The molecule has 22 heavy (non-hydrogen) atoms. The van der Waals surface area contributed by atoms with Crippen molar-refractivity contribution in [1.29, 1.82) is 0 Å². The van der Waals surface area contributed by atoms with Crippen molar-refractivity contribution in [2.45, 2.75) is 24.3 Å². The summed E-state index contributed by atoms with van der Waals surface area (Å²) < 4.78 is 0. The molecule has 0 aliphatic carbocycles. The van der Waals surface area contributed by atoms with Gasteiger partial charge in [-0.15, -0.1) is 10.2 Å². The largest absolute Gasteiger partial charge is 0.325 e. The maximum Gasteiger partial charge on any atom is 0.273 e. The number of nitrogens with one attached hydrogen (secondary N) is 2. The van der Waals surface area contributed by atoms with Crippen LogP contribution in [0, 0.1) is 6.92 Å². The number of halogens is 2. The van der Waals surface area contributed by atoms with Crippen LogP contribution in [0.15, 0.2) is 28.2 Å². The monoisotopic (exact) mass is 358 g/mol. The molecule has 0 aliphatic heterocycles. The number of aryl methyl sites for hydroxylation is 1. The Labute approximate surface area is 140 Å². The molecule has 9 heteroatoms. The summed E-state index contributed by atoms with van der Waals surface area (Å²) in [5.74, 6) is -0.272. The Hall–Kier alpha value is -1.57. The fourth-order valence-electron chi connectivity index (χ4n) is 1.52. The summed E-state index contributed by atoms with van der Waals surface area (Å²) in [6.07, 6.45) is 0. The van der Waals surface area contributed by atoms with Crippen molar-refractivity contribution in [2.24, 2.45) is 0 Å². The number of hydrogen-bond donors (Lipinski definition) is 2. The van der Waals surface area contributed by atoms with E-state index in [1.54, 1.807) is 32.0 Å². The number of nitrogens with zero attached hydrogens (tertiary/aromatic N) is 2. The number of aromatic amines is 1. The first-order valence-corrected chi connectivity index (χ1v) is 7.86. The Morgan fingerprint density at radius 3 is 2.50 bits per heavy atom. The fourth-order valence-corrected chi connectivity index (χ4v) is 2.79. The Morgan fingerprint density at radius 2 is 1.91 bits per heavy atom. The van der Waals surface area contributed by atoms with Crippen LogP contribution in [0.2, 0.25) is 10.0 Å². The summed E-state index contributed by atoms with van der Waals surface area (Å²) in [6.45, 7) is 3.24. The van der Waals surface area contributed by atoms with Gasteiger partial charge in [-0.05, 0) is 32.0 Å². The second-order valence-electron chi connectivity index (χ2n) is 4.45. The molecule has 0 saturated carbocycles. The van der Waals surface area contributed by atoms with Crippen molar-refractivity contribution in [2.75, 3.05) is 5.32 Å². The van der Waals surface area contributed by atoms with Crippen LogP contribution in [0.25, 0.3) is 0 Å². The van der Waals surface area contributed by atoms with E-state index in [2.05, 4.69) is 20.5 Å². The molecule has 1 amide bonds. The average Bonchev–Trinajstić information content (AvgIpc) is 2.41. The van der Waals surface area contributed by atoms with Gasteiger partial charge in [-0.1, -0.05) is 35.0 Å².